The summed E-state index contributed by atoms with van der Waals surface area (Å²) in [6.07, 6.45) is 4.81. The monoisotopic (exact) mass is 321 g/mol. The highest BCUT2D eigenvalue weighted by Gasteiger charge is 2.14. The van der Waals surface area contributed by atoms with Gasteiger partial charge < -0.3 is 15.3 Å². The molecule has 0 aliphatic rings. The minimum Gasteiger partial charge on any atom is -0.345 e. The number of carbonyl (C=O) groups is 1. The maximum Gasteiger partial charge on any atom is 0.258 e. The number of nitrogens with one attached hydrogen (secondary N) is 3. The fraction of sp³-hybridized carbons (Fsp3) is 0. The van der Waals surface area contributed by atoms with E-state index in [4.69, 9.17) is 0 Å². The first-order valence-corrected chi connectivity index (χ1v) is 7.24. The number of rotatable bonds is 3. The van der Waals surface area contributed by atoms with Crippen LogP contribution in [-0.2, 0) is 0 Å². The van der Waals surface area contributed by atoms with Crippen LogP contribution in [-0.4, -0.2) is 25.8 Å². The van der Waals surface area contributed by atoms with Gasteiger partial charge >= 0.3 is 0 Å². The van der Waals surface area contributed by atoms with Crippen molar-refractivity contribution in [1.29, 1.82) is 0 Å². The Morgan fingerprint density at radius 3 is 2.88 bits per heavy atom. The summed E-state index contributed by atoms with van der Waals surface area (Å²) in [5.74, 6) is -0.226. The van der Waals surface area contributed by atoms with Crippen LogP contribution >= 0.6 is 0 Å². The number of benzene rings is 2. The molecular formula is C17H12FN5O. The summed E-state index contributed by atoms with van der Waals surface area (Å²) in [6.45, 7) is 0. The number of halogens is 1. The van der Waals surface area contributed by atoms with E-state index >= 15 is 0 Å². The molecule has 0 unspecified atom stereocenters. The van der Waals surface area contributed by atoms with Gasteiger partial charge in [-0.2, -0.15) is 0 Å². The smallest absolute Gasteiger partial charge is 0.258 e. The van der Waals surface area contributed by atoms with Crippen LogP contribution < -0.4 is 5.32 Å². The van der Waals surface area contributed by atoms with E-state index in [-0.39, 0.29) is 5.56 Å². The number of aromatic nitrogens is 4. The highest BCUT2D eigenvalue weighted by Crippen LogP contribution is 2.22. The SMILES string of the molecule is O=C(Nc1cccc(-c2ncc[nH]2)c1)c1cc(F)cc2[nH]cnc12. The zero-order valence-corrected chi connectivity index (χ0v) is 12.4. The van der Waals surface area contributed by atoms with E-state index in [0.29, 0.717) is 22.5 Å². The van der Waals surface area contributed by atoms with Crippen LogP contribution in [0.3, 0.4) is 0 Å². The molecule has 0 aliphatic carbocycles. The van der Waals surface area contributed by atoms with Gasteiger partial charge in [-0.1, -0.05) is 12.1 Å². The first-order chi connectivity index (χ1) is 11.7. The fourth-order valence-corrected chi connectivity index (χ4v) is 2.55. The van der Waals surface area contributed by atoms with Gasteiger partial charge in [0.25, 0.3) is 5.91 Å². The first-order valence-electron chi connectivity index (χ1n) is 7.24. The van der Waals surface area contributed by atoms with E-state index in [1.165, 1.54) is 18.5 Å². The van der Waals surface area contributed by atoms with Crippen molar-refractivity contribution in [2.75, 3.05) is 5.32 Å². The molecule has 0 atom stereocenters. The lowest BCUT2D eigenvalue weighted by Gasteiger charge is -2.07. The van der Waals surface area contributed by atoms with Crippen molar-refractivity contribution >= 4 is 22.6 Å². The molecule has 0 fully saturated rings. The molecule has 0 aliphatic heterocycles. The van der Waals surface area contributed by atoms with Crippen LogP contribution in [0.25, 0.3) is 22.4 Å². The Hall–Kier alpha value is -3.48. The second-order valence-corrected chi connectivity index (χ2v) is 5.22. The number of imidazole rings is 2. The van der Waals surface area contributed by atoms with Gasteiger partial charge in [-0.3, -0.25) is 4.79 Å². The molecule has 0 radical (unpaired) electrons. The van der Waals surface area contributed by atoms with Gasteiger partial charge in [-0.25, -0.2) is 14.4 Å². The molecule has 1 amide bonds. The number of hydrogen-bond donors (Lipinski definition) is 3. The topological polar surface area (TPSA) is 86.5 Å². The van der Waals surface area contributed by atoms with Gasteiger partial charge in [0, 0.05) is 23.6 Å². The van der Waals surface area contributed by atoms with Gasteiger partial charge in [0.1, 0.15) is 17.2 Å². The highest BCUT2D eigenvalue weighted by atomic mass is 19.1. The molecule has 0 spiro atoms. The minimum absolute atomic E-state index is 0.176. The maximum absolute atomic E-state index is 13.7. The van der Waals surface area contributed by atoms with Gasteiger partial charge in [-0.05, 0) is 24.3 Å². The largest absolute Gasteiger partial charge is 0.345 e. The van der Waals surface area contributed by atoms with E-state index in [1.807, 2.05) is 12.1 Å². The molecule has 2 heterocycles. The molecule has 3 N–H and O–H groups in total. The van der Waals surface area contributed by atoms with Crippen LogP contribution in [0.2, 0.25) is 0 Å². The number of H-pyrrole nitrogens is 2. The lowest BCUT2D eigenvalue weighted by atomic mass is 10.1. The number of hydrogen-bond acceptors (Lipinski definition) is 3. The molecule has 7 heteroatoms. The molecule has 4 rings (SSSR count). The maximum atomic E-state index is 13.7. The molecule has 0 bridgehead atoms. The van der Waals surface area contributed by atoms with E-state index in [0.717, 1.165) is 5.56 Å². The van der Waals surface area contributed by atoms with Crippen LogP contribution in [0.4, 0.5) is 10.1 Å². The zero-order chi connectivity index (χ0) is 16.5. The molecule has 0 saturated carbocycles. The minimum atomic E-state index is -0.499. The standard InChI is InChI=1S/C17H12FN5O/c18-11-7-13(15-14(8-11)21-9-22-15)17(24)23-12-3-1-2-10(6-12)16-19-4-5-20-16/h1-9H,(H,19,20)(H,21,22)(H,23,24). The Balaban J connectivity index is 1.66. The summed E-state index contributed by atoms with van der Waals surface area (Å²) in [5, 5.41) is 2.77. The lowest BCUT2D eigenvalue weighted by molar-refractivity contribution is 0.102. The summed E-state index contributed by atoms with van der Waals surface area (Å²) in [5.41, 5.74) is 2.50. The number of carbonyl (C=O) groups excluding carboxylic acids is 1. The van der Waals surface area contributed by atoms with Crippen molar-refractivity contribution in [3.8, 4) is 11.4 Å². The fourth-order valence-electron chi connectivity index (χ4n) is 2.55. The summed E-state index contributed by atoms with van der Waals surface area (Å²) in [6, 6.07) is 9.71. The molecule has 6 nitrogen and oxygen atoms in total. The van der Waals surface area contributed by atoms with Gasteiger partial charge in [0.05, 0.1) is 17.4 Å². The average molecular weight is 321 g/mol. The van der Waals surface area contributed by atoms with E-state index in [9.17, 15) is 9.18 Å². The summed E-state index contributed by atoms with van der Waals surface area (Å²) < 4.78 is 13.7. The van der Waals surface area contributed by atoms with Crippen LogP contribution in [0, 0.1) is 5.82 Å². The third-order valence-electron chi connectivity index (χ3n) is 3.63. The summed E-state index contributed by atoms with van der Waals surface area (Å²) >= 11 is 0. The summed E-state index contributed by atoms with van der Waals surface area (Å²) in [4.78, 5) is 26.6. The molecule has 2 aromatic heterocycles. The third-order valence-corrected chi connectivity index (χ3v) is 3.63. The molecule has 24 heavy (non-hydrogen) atoms. The highest BCUT2D eigenvalue weighted by molar-refractivity contribution is 6.11. The zero-order valence-electron chi connectivity index (χ0n) is 12.4. The number of anilines is 1. The predicted octanol–water partition coefficient (Wildman–Crippen LogP) is 3.34. The van der Waals surface area contributed by atoms with Crippen LogP contribution in [0.15, 0.2) is 55.1 Å². The van der Waals surface area contributed by atoms with Crippen molar-refractivity contribution in [3.63, 3.8) is 0 Å². The van der Waals surface area contributed by atoms with Crippen LogP contribution in [0.5, 0.6) is 0 Å². The van der Waals surface area contributed by atoms with Gasteiger partial charge in [0.15, 0.2) is 0 Å². The van der Waals surface area contributed by atoms with Crippen molar-refractivity contribution in [3.05, 3.63) is 66.5 Å². The normalized spacial score (nSPS) is 10.9. The second-order valence-electron chi connectivity index (χ2n) is 5.22. The Kier molecular flexibility index (Phi) is 3.31. The number of amides is 1. The lowest BCUT2D eigenvalue weighted by Crippen LogP contribution is -2.13. The van der Waals surface area contributed by atoms with Crippen molar-refractivity contribution in [2.45, 2.75) is 0 Å². The predicted molar refractivity (Wildman–Crippen MR) is 88.0 cm³/mol. The van der Waals surface area contributed by atoms with Crippen molar-refractivity contribution in [1.82, 2.24) is 19.9 Å². The van der Waals surface area contributed by atoms with Crippen LogP contribution in [0.1, 0.15) is 10.4 Å². The summed E-state index contributed by atoms with van der Waals surface area (Å²) in [7, 11) is 0. The Morgan fingerprint density at radius 2 is 2.04 bits per heavy atom. The van der Waals surface area contributed by atoms with E-state index < -0.39 is 11.7 Å². The number of fused-ring (bicyclic) bond motifs is 1. The Bertz CT molecular complexity index is 1020. The quantitative estimate of drug-likeness (QED) is 0.541. The molecule has 118 valence electrons. The molecule has 0 saturated heterocycles. The first kappa shape index (κ1) is 14.1. The third kappa shape index (κ3) is 2.52. The van der Waals surface area contributed by atoms with Gasteiger partial charge in [-0.15, -0.1) is 0 Å². The average Bonchev–Trinajstić information content (AvgIpc) is 3.25. The van der Waals surface area contributed by atoms with Gasteiger partial charge in [0.2, 0.25) is 0 Å². The van der Waals surface area contributed by atoms with E-state index in [1.54, 1.807) is 24.5 Å². The van der Waals surface area contributed by atoms with Crippen molar-refractivity contribution in [2.24, 2.45) is 0 Å². The van der Waals surface area contributed by atoms with Crippen molar-refractivity contribution < 1.29 is 9.18 Å². The Morgan fingerprint density at radius 1 is 1.12 bits per heavy atom. The molecule has 4 aromatic rings. The number of aromatic amines is 2. The second kappa shape index (κ2) is 5.62. The Labute approximate surface area is 135 Å². The molecular weight excluding hydrogens is 309 g/mol. The number of nitrogens with zero attached hydrogens (tertiary/aromatic N) is 2. The van der Waals surface area contributed by atoms with E-state index in [2.05, 4.69) is 25.3 Å². The molecule has 2 aromatic carbocycles.